The van der Waals surface area contributed by atoms with Crippen molar-refractivity contribution in [3.05, 3.63) is 12.2 Å². The maximum absolute atomic E-state index is 13.1. The number of hydrogen-bond acceptors (Lipinski definition) is 1. The minimum absolute atomic E-state index is 0.389. The van der Waals surface area contributed by atoms with Gasteiger partial charge in [-0.15, -0.1) is 0 Å². The summed E-state index contributed by atoms with van der Waals surface area (Å²) in [6, 6.07) is 0. The normalized spacial score (nSPS) is 39.4. The molecule has 1 fully saturated rings. The second-order valence-electron chi connectivity index (χ2n) is 4.14. The molecular weight excluding hydrogens is 190 g/mol. The number of hydrogen-bond donors (Lipinski definition) is 1. The van der Waals surface area contributed by atoms with E-state index in [1.807, 2.05) is 12.2 Å². The minimum atomic E-state index is -2.99. The molecule has 2 aliphatic rings. The van der Waals surface area contributed by atoms with Crippen LogP contribution >= 0.6 is 0 Å². The summed E-state index contributed by atoms with van der Waals surface area (Å²) in [4.78, 5) is 10.9. The number of carbonyl (C=O) groups is 1. The van der Waals surface area contributed by atoms with Gasteiger partial charge in [0.25, 0.3) is 5.92 Å². The fourth-order valence-corrected chi connectivity index (χ4v) is 2.40. The first-order chi connectivity index (χ1) is 6.51. The molecule has 2 nitrogen and oxygen atoms in total. The quantitative estimate of drug-likeness (QED) is 0.698. The first-order valence-electron chi connectivity index (χ1n) is 4.77. The summed E-state index contributed by atoms with van der Waals surface area (Å²) in [5, 5.41) is 8.89. The highest BCUT2D eigenvalue weighted by molar-refractivity contribution is 5.81. The molecule has 2 rings (SSSR count). The van der Waals surface area contributed by atoms with Gasteiger partial charge in [0.2, 0.25) is 0 Å². The Morgan fingerprint density at radius 2 is 2.07 bits per heavy atom. The van der Waals surface area contributed by atoms with Crippen molar-refractivity contribution in [1.29, 1.82) is 0 Å². The van der Waals surface area contributed by atoms with Crippen molar-refractivity contribution in [3.8, 4) is 0 Å². The molecule has 4 heteroatoms. The minimum Gasteiger partial charge on any atom is -0.481 e. The smallest absolute Gasteiger partial charge is 0.316 e. The van der Waals surface area contributed by atoms with Crippen LogP contribution in [-0.4, -0.2) is 17.0 Å². The molecule has 2 unspecified atom stereocenters. The lowest BCUT2D eigenvalue weighted by Gasteiger charge is -2.24. The van der Waals surface area contributed by atoms with Gasteiger partial charge in [0, 0.05) is 6.42 Å². The first-order valence-corrected chi connectivity index (χ1v) is 4.77. The zero-order valence-electron chi connectivity index (χ0n) is 7.67. The van der Waals surface area contributed by atoms with E-state index in [1.54, 1.807) is 0 Å². The molecule has 0 radical (unpaired) electrons. The molecule has 0 bridgehead atoms. The van der Waals surface area contributed by atoms with Crippen LogP contribution in [0.5, 0.6) is 0 Å². The Labute approximate surface area is 80.6 Å². The van der Waals surface area contributed by atoms with Crippen LogP contribution in [0, 0.1) is 11.3 Å². The molecular formula is C10H12F2O2. The fourth-order valence-electron chi connectivity index (χ4n) is 2.40. The monoisotopic (exact) mass is 202 g/mol. The standard InChI is InChI=1S/C10H12F2O2/c11-10(12)6-9(10,8(13)14)7-4-2-1-3-5-7/h1-2,7H,3-6H2,(H,13,14). The van der Waals surface area contributed by atoms with Crippen molar-refractivity contribution in [2.24, 2.45) is 11.3 Å². The zero-order chi connectivity index (χ0) is 10.4. The van der Waals surface area contributed by atoms with Crippen LogP contribution in [0.1, 0.15) is 25.7 Å². The van der Waals surface area contributed by atoms with E-state index in [-0.39, 0.29) is 5.92 Å². The van der Waals surface area contributed by atoms with E-state index < -0.39 is 23.7 Å². The molecule has 0 amide bonds. The van der Waals surface area contributed by atoms with Crippen molar-refractivity contribution in [1.82, 2.24) is 0 Å². The van der Waals surface area contributed by atoms with Crippen LogP contribution in [0.3, 0.4) is 0 Å². The average molecular weight is 202 g/mol. The van der Waals surface area contributed by atoms with Crippen LogP contribution in [0.2, 0.25) is 0 Å². The third-order valence-corrected chi connectivity index (χ3v) is 3.38. The summed E-state index contributed by atoms with van der Waals surface area (Å²) in [6.45, 7) is 0. The fraction of sp³-hybridized carbons (Fsp3) is 0.700. The van der Waals surface area contributed by atoms with Gasteiger partial charge in [0.05, 0.1) is 0 Å². The Morgan fingerprint density at radius 3 is 2.43 bits per heavy atom. The number of alkyl halides is 2. The maximum atomic E-state index is 13.1. The van der Waals surface area contributed by atoms with Crippen molar-refractivity contribution in [2.75, 3.05) is 0 Å². The number of carboxylic acid groups (broad SMARTS) is 1. The Bertz CT molecular complexity index is 298. The second kappa shape index (κ2) is 2.78. The molecule has 0 heterocycles. The van der Waals surface area contributed by atoms with Gasteiger partial charge >= 0.3 is 5.97 Å². The van der Waals surface area contributed by atoms with Crippen molar-refractivity contribution in [2.45, 2.75) is 31.6 Å². The van der Waals surface area contributed by atoms with Gasteiger partial charge in [-0.3, -0.25) is 4.79 Å². The van der Waals surface area contributed by atoms with E-state index >= 15 is 0 Å². The van der Waals surface area contributed by atoms with Gasteiger partial charge in [0.15, 0.2) is 0 Å². The van der Waals surface area contributed by atoms with Crippen LogP contribution < -0.4 is 0 Å². The maximum Gasteiger partial charge on any atom is 0.316 e. The molecule has 0 aromatic carbocycles. The van der Waals surface area contributed by atoms with Crippen LogP contribution in [0.15, 0.2) is 12.2 Å². The van der Waals surface area contributed by atoms with Crippen LogP contribution in [0.4, 0.5) is 8.78 Å². The van der Waals surface area contributed by atoms with Crippen molar-refractivity contribution < 1.29 is 18.7 Å². The number of aliphatic carboxylic acids is 1. The molecule has 0 aliphatic heterocycles. The van der Waals surface area contributed by atoms with Gasteiger partial charge in [-0.05, 0) is 25.2 Å². The summed E-state index contributed by atoms with van der Waals surface area (Å²) in [7, 11) is 0. The number of allylic oxidation sites excluding steroid dienone is 2. The number of carboxylic acids is 1. The van der Waals surface area contributed by atoms with Gasteiger partial charge < -0.3 is 5.11 Å². The van der Waals surface area contributed by atoms with Gasteiger partial charge in [-0.25, -0.2) is 8.78 Å². The Morgan fingerprint density at radius 1 is 1.43 bits per heavy atom. The summed E-state index contributed by atoms with van der Waals surface area (Å²) < 4.78 is 26.2. The number of rotatable bonds is 2. The molecule has 1 saturated carbocycles. The Kier molecular flexibility index (Phi) is 1.91. The highest BCUT2D eigenvalue weighted by Crippen LogP contribution is 2.66. The van der Waals surface area contributed by atoms with Crippen molar-refractivity contribution in [3.63, 3.8) is 0 Å². The molecule has 2 aliphatic carbocycles. The van der Waals surface area contributed by atoms with E-state index in [0.29, 0.717) is 12.8 Å². The first kappa shape index (κ1) is 9.62. The Hall–Kier alpha value is -0.930. The largest absolute Gasteiger partial charge is 0.481 e. The van der Waals surface area contributed by atoms with Gasteiger partial charge in [-0.2, -0.15) is 0 Å². The molecule has 14 heavy (non-hydrogen) atoms. The van der Waals surface area contributed by atoms with Gasteiger partial charge in [0.1, 0.15) is 5.41 Å². The third-order valence-electron chi connectivity index (χ3n) is 3.38. The molecule has 0 aromatic heterocycles. The highest BCUT2D eigenvalue weighted by atomic mass is 19.3. The lowest BCUT2D eigenvalue weighted by molar-refractivity contribution is -0.151. The molecule has 0 aromatic rings. The summed E-state index contributed by atoms with van der Waals surface area (Å²) >= 11 is 0. The molecule has 78 valence electrons. The van der Waals surface area contributed by atoms with E-state index in [4.69, 9.17) is 5.11 Å². The third kappa shape index (κ3) is 1.09. The molecule has 2 atom stereocenters. The van der Waals surface area contributed by atoms with Gasteiger partial charge in [-0.1, -0.05) is 12.2 Å². The van der Waals surface area contributed by atoms with E-state index in [0.717, 1.165) is 6.42 Å². The lowest BCUT2D eigenvalue weighted by Crippen LogP contribution is -2.31. The van der Waals surface area contributed by atoms with Crippen LogP contribution in [0.25, 0.3) is 0 Å². The lowest BCUT2D eigenvalue weighted by atomic mass is 9.80. The predicted octanol–water partition coefficient (Wildman–Crippen LogP) is 2.45. The Balaban J connectivity index is 2.22. The van der Waals surface area contributed by atoms with Crippen LogP contribution in [-0.2, 0) is 4.79 Å². The average Bonchev–Trinajstić information content (AvgIpc) is 2.72. The van der Waals surface area contributed by atoms with E-state index in [9.17, 15) is 13.6 Å². The van der Waals surface area contributed by atoms with E-state index in [2.05, 4.69) is 0 Å². The molecule has 1 N–H and O–H groups in total. The zero-order valence-corrected chi connectivity index (χ0v) is 7.67. The topological polar surface area (TPSA) is 37.3 Å². The number of halogens is 2. The molecule has 0 spiro atoms. The van der Waals surface area contributed by atoms with E-state index in [1.165, 1.54) is 0 Å². The van der Waals surface area contributed by atoms with Crippen molar-refractivity contribution >= 4 is 5.97 Å². The second-order valence-corrected chi connectivity index (χ2v) is 4.14. The molecule has 0 saturated heterocycles. The predicted molar refractivity (Wildman–Crippen MR) is 46.1 cm³/mol. The summed E-state index contributed by atoms with van der Waals surface area (Å²) in [5.74, 6) is -4.71. The summed E-state index contributed by atoms with van der Waals surface area (Å²) in [6.07, 6.45) is 5.02. The highest BCUT2D eigenvalue weighted by Gasteiger charge is 2.78. The summed E-state index contributed by atoms with van der Waals surface area (Å²) in [5.41, 5.74) is -1.75. The SMILES string of the molecule is O=C(O)C1(C2CC=CCC2)CC1(F)F.